The van der Waals surface area contributed by atoms with Crippen LogP contribution in [-0.2, 0) is 9.59 Å². The first-order chi connectivity index (χ1) is 5.63. The number of carbonyl (C=O) groups is 2. The monoisotopic (exact) mass is 206 g/mol. The van der Waals surface area contributed by atoms with Crippen LogP contribution in [0.5, 0.6) is 0 Å². The molecule has 0 bridgehead atoms. The Balaban J connectivity index is 3.45. The Bertz CT molecular complexity index is 198. The van der Waals surface area contributed by atoms with Crippen molar-refractivity contribution in [3.8, 4) is 0 Å². The van der Waals surface area contributed by atoms with Gasteiger partial charge in [-0.1, -0.05) is 21.6 Å². The van der Waals surface area contributed by atoms with Gasteiger partial charge in [0, 0.05) is 12.2 Å². The number of aliphatic carboxylic acids is 2. The second-order valence-corrected chi connectivity index (χ2v) is 3.56. The van der Waals surface area contributed by atoms with Gasteiger partial charge < -0.3 is 10.2 Å². The van der Waals surface area contributed by atoms with Crippen molar-refractivity contribution in [2.45, 2.75) is 0 Å². The fourth-order valence-electron chi connectivity index (χ4n) is 0.236. The van der Waals surface area contributed by atoms with E-state index < -0.39 is 11.9 Å². The molecule has 0 aliphatic heterocycles. The molecule has 6 heteroatoms. The molecule has 0 aromatic heterocycles. The van der Waals surface area contributed by atoms with Crippen LogP contribution < -0.4 is 0 Å². The van der Waals surface area contributed by atoms with Crippen LogP contribution >= 0.6 is 21.6 Å². The number of hydrogen-bond acceptors (Lipinski definition) is 4. The first-order valence-corrected chi connectivity index (χ1v) is 5.01. The molecule has 0 aliphatic rings. The zero-order valence-corrected chi connectivity index (χ0v) is 7.47. The second-order valence-electron chi connectivity index (χ2n) is 1.47. The molecule has 66 valence electrons. The van der Waals surface area contributed by atoms with Crippen LogP contribution in [0.15, 0.2) is 23.0 Å². The number of carboxylic acids is 2. The van der Waals surface area contributed by atoms with Crippen LogP contribution in [0.1, 0.15) is 0 Å². The normalized spacial score (nSPS) is 11.0. The molecule has 0 rings (SSSR count). The number of rotatable bonds is 5. The zero-order chi connectivity index (χ0) is 9.40. The van der Waals surface area contributed by atoms with E-state index in [4.69, 9.17) is 10.2 Å². The third-order valence-electron chi connectivity index (χ3n) is 0.588. The Morgan fingerprint density at radius 1 is 0.917 bits per heavy atom. The van der Waals surface area contributed by atoms with Crippen molar-refractivity contribution in [1.29, 1.82) is 0 Å². The van der Waals surface area contributed by atoms with Gasteiger partial charge in [-0.3, -0.25) is 0 Å². The van der Waals surface area contributed by atoms with Crippen LogP contribution in [0.25, 0.3) is 0 Å². The maximum absolute atomic E-state index is 9.92. The van der Waals surface area contributed by atoms with Crippen molar-refractivity contribution < 1.29 is 19.8 Å². The third kappa shape index (κ3) is 9.12. The molecule has 2 N–H and O–H groups in total. The minimum atomic E-state index is -1.02. The van der Waals surface area contributed by atoms with E-state index in [1.165, 1.54) is 10.8 Å². The molecule has 0 aromatic carbocycles. The van der Waals surface area contributed by atoms with Gasteiger partial charge in [-0.15, -0.1) is 0 Å². The molecule has 0 radical (unpaired) electrons. The maximum Gasteiger partial charge on any atom is 0.328 e. The molecule has 0 aromatic rings. The molecule has 0 heterocycles. The largest absolute Gasteiger partial charge is 0.478 e. The fraction of sp³-hybridized carbons (Fsp3) is 0. The fourth-order valence-corrected chi connectivity index (χ4v) is 1.43. The van der Waals surface area contributed by atoms with Gasteiger partial charge in [0.05, 0.1) is 0 Å². The Morgan fingerprint density at radius 3 is 1.50 bits per heavy atom. The predicted molar refractivity (Wildman–Crippen MR) is 48.7 cm³/mol. The first-order valence-electron chi connectivity index (χ1n) is 2.74. The van der Waals surface area contributed by atoms with Crippen molar-refractivity contribution in [3.05, 3.63) is 23.0 Å². The first kappa shape index (κ1) is 11.1. The summed E-state index contributed by atoms with van der Waals surface area (Å²) in [5, 5.41) is 19.0. The topological polar surface area (TPSA) is 74.6 Å². The van der Waals surface area contributed by atoms with Crippen molar-refractivity contribution in [2.24, 2.45) is 0 Å². The molecular weight excluding hydrogens is 200 g/mol. The summed E-state index contributed by atoms with van der Waals surface area (Å²) in [7, 11) is 2.26. The molecule has 0 atom stereocenters. The molecule has 0 saturated carbocycles. The molecule has 12 heavy (non-hydrogen) atoms. The van der Waals surface area contributed by atoms with Crippen LogP contribution in [-0.4, -0.2) is 22.2 Å². The maximum atomic E-state index is 9.92. The SMILES string of the molecule is O=C(O)/C=C/SS/C=C/C(=O)O. The van der Waals surface area contributed by atoms with E-state index in [0.29, 0.717) is 0 Å². The minimum absolute atomic E-state index is 0.978. The van der Waals surface area contributed by atoms with Gasteiger partial charge in [-0.05, 0) is 10.8 Å². The highest BCUT2D eigenvalue weighted by Gasteiger charge is 1.86. The van der Waals surface area contributed by atoms with Gasteiger partial charge in [0.1, 0.15) is 0 Å². The number of carboxylic acid groups (broad SMARTS) is 2. The lowest BCUT2D eigenvalue weighted by molar-refractivity contribution is -0.132. The van der Waals surface area contributed by atoms with Crippen molar-refractivity contribution >= 4 is 33.5 Å². The highest BCUT2D eigenvalue weighted by atomic mass is 33.1. The van der Waals surface area contributed by atoms with E-state index in [9.17, 15) is 9.59 Å². The Hall–Kier alpha value is -0.880. The molecule has 0 aliphatic carbocycles. The summed E-state index contributed by atoms with van der Waals surface area (Å²) in [6, 6.07) is 0. The van der Waals surface area contributed by atoms with Crippen LogP contribution in [0.4, 0.5) is 0 Å². The quantitative estimate of drug-likeness (QED) is 0.404. The lowest BCUT2D eigenvalue weighted by Gasteiger charge is -1.83. The Kier molecular flexibility index (Phi) is 6.31. The zero-order valence-electron chi connectivity index (χ0n) is 5.84. The van der Waals surface area contributed by atoms with E-state index in [1.54, 1.807) is 0 Å². The van der Waals surface area contributed by atoms with Gasteiger partial charge in [0.25, 0.3) is 0 Å². The van der Waals surface area contributed by atoms with Crippen LogP contribution in [0, 0.1) is 0 Å². The third-order valence-corrected chi connectivity index (χ3v) is 2.19. The van der Waals surface area contributed by atoms with Crippen molar-refractivity contribution in [2.75, 3.05) is 0 Å². The molecule has 0 amide bonds. The van der Waals surface area contributed by atoms with Gasteiger partial charge in [-0.25, -0.2) is 9.59 Å². The van der Waals surface area contributed by atoms with E-state index >= 15 is 0 Å². The average Bonchev–Trinajstić information content (AvgIpc) is 1.95. The van der Waals surface area contributed by atoms with Crippen molar-refractivity contribution in [3.63, 3.8) is 0 Å². The van der Waals surface area contributed by atoms with Crippen LogP contribution in [0.2, 0.25) is 0 Å². The van der Waals surface area contributed by atoms with Gasteiger partial charge >= 0.3 is 11.9 Å². The summed E-state index contributed by atoms with van der Waals surface area (Å²) in [6.07, 6.45) is 1.96. The Morgan fingerprint density at radius 2 is 1.25 bits per heavy atom. The lowest BCUT2D eigenvalue weighted by Crippen LogP contribution is -1.84. The average molecular weight is 206 g/mol. The van der Waals surface area contributed by atoms with E-state index in [-0.39, 0.29) is 0 Å². The summed E-state index contributed by atoms with van der Waals surface area (Å²) >= 11 is 0. The smallest absolute Gasteiger partial charge is 0.328 e. The molecule has 0 saturated heterocycles. The number of hydrogen-bond donors (Lipinski definition) is 2. The summed E-state index contributed by atoms with van der Waals surface area (Å²) in [5.74, 6) is -2.05. The molecule has 0 fully saturated rings. The van der Waals surface area contributed by atoms with Gasteiger partial charge in [0.15, 0.2) is 0 Å². The Labute approximate surface area is 76.7 Å². The minimum Gasteiger partial charge on any atom is -0.478 e. The molecule has 0 unspecified atom stereocenters. The summed E-state index contributed by atoms with van der Waals surface area (Å²) in [6.45, 7) is 0. The van der Waals surface area contributed by atoms with E-state index in [1.807, 2.05) is 0 Å². The lowest BCUT2D eigenvalue weighted by atomic mass is 10.7. The predicted octanol–water partition coefficient (Wildman–Crippen LogP) is 1.56. The van der Waals surface area contributed by atoms with E-state index in [2.05, 4.69) is 0 Å². The summed E-state index contributed by atoms with van der Waals surface area (Å²) < 4.78 is 0. The highest BCUT2D eigenvalue weighted by molar-refractivity contribution is 8.78. The van der Waals surface area contributed by atoms with Gasteiger partial charge in [-0.2, -0.15) is 0 Å². The molecular formula is C6H6O4S2. The summed E-state index contributed by atoms with van der Waals surface area (Å²) in [5.41, 5.74) is 0. The molecule has 0 spiro atoms. The molecule has 4 nitrogen and oxygen atoms in total. The second kappa shape index (κ2) is 6.81. The van der Waals surface area contributed by atoms with Crippen LogP contribution in [0.3, 0.4) is 0 Å². The van der Waals surface area contributed by atoms with Crippen molar-refractivity contribution in [1.82, 2.24) is 0 Å². The summed E-state index contributed by atoms with van der Waals surface area (Å²) in [4.78, 5) is 19.8. The standard InChI is InChI=1S/C6H6O4S2/c7-5(8)1-3-11-12-4-2-6(9)10/h1-4H,(H,7,8)(H,9,10)/b3-1+,4-2+. The van der Waals surface area contributed by atoms with Gasteiger partial charge in [0.2, 0.25) is 0 Å². The van der Waals surface area contributed by atoms with E-state index in [0.717, 1.165) is 33.7 Å². The highest BCUT2D eigenvalue weighted by Crippen LogP contribution is 2.23.